The lowest BCUT2D eigenvalue weighted by molar-refractivity contribution is 0.102. The third-order valence-corrected chi connectivity index (χ3v) is 3.21. The van der Waals surface area contributed by atoms with Crippen LogP contribution in [0.25, 0.3) is 0 Å². The van der Waals surface area contributed by atoms with Gasteiger partial charge in [-0.25, -0.2) is 0 Å². The minimum atomic E-state index is -0.221. The van der Waals surface area contributed by atoms with Crippen LogP contribution in [0, 0.1) is 6.92 Å². The van der Waals surface area contributed by atoms with Gasteiger partial charge in [-0.05, 0) is 24.6 Å². The number of nitrogens with zero attached hydrogens (tertiary/aromatic N) is 2. The van der Waals surface area contributed by atoms with Gasteiger partial charge in [0.2, 0.25) is 5.13 Å². The van der Waals surface area contributed by atoms with Gasteiger partial charge >= 0.3 is 0 Å². The summed E-state index contributed by atoms with van der Waals surface area (Å²) < 4.78 is 0. The molecule has 1 amide bonds. The molecule has 0 saturated heterocycles. The number of rotatable bonds is 4. The zero-order chi connectivity index (χ0) is 13.8. The first-order chi connectivity index (χ1) is 9.04. The zero-order valence-corrected chi connectivity index (χ0v) is 11.8. The van der Waals surface area contributed by atoms with Crippen molar-refractivity contribution in [1.29, 1.82) is 0 Å². The Kier molecular flexibility index (Phi) is 4.18. The Morgan fingerprint density at radius 3 is 2.89 bits per heavy atom. The summed E-state index contributed by atoms with van der Waals surface area (Å²) in [7, 11) is 0. The normalized spacial score (nSPS) is 10.2. The molecule has 0 saturated carbocycles. The van der Waals surface area contributed by atoms with Gasteiger partial charge in [-0.2, -0.15) is 0 Å². The van der Waals surface area contributed by atoms with Crippen LogP contribution in [-0.2, 0) is 6.42 Å². The van der Waals surface area contributed by atoms with Crippen LogP contribution in [0.3, 0.4) is 0 Å². The standard InChI is InChI=1S/C12H12N4OS2/c1-7-15-16-12(19-7)14-11(17)9-4-2-3-8(5-9)6-10(13)18/h2-5H,6H2,1H3,(H2,13,18)(H,14,16,17). The number of aryl methyl sites for hydroxylation is 1. The molecule has 3 N–H and O–H groups in total. The van der Waals surface area contributed by atoms with Crippen molar-refractivity contribution >= 4 is 39.6 Å². The van der Waals surface area contributed by atoms with Gasteiger partial charge in [-0.1, -0.05) is 35.7 Å². The lowest BCUT2D eigenvalue weighted by atomic mass is 10.1. The number of hydrogen-bond donors (Lipinski definition) is 2. The maximum atomic E-state index is 12.0. The SMILES string of the molecule is Cc1nnc(NC(=O)c2cccc(CC(N)=S)c2)s1. The highest BCUT2D eigenvalue weighted by Crippen LogP contribution is 2.15. The Morgan fingerprint density at radius 1 is 1.47 bits per heavy atom. The molecular formula is C12H12N4OS2. The molecule has 19 heavy (non-hydrogen) atoms. The highest BCUT2D eigenvalue weighted by molar-refractivity contribution is 7.80. The minimum absolute atomic E-state index is 0.221. The summed E-state index contributed by atoms with van der Waals surface area (Å²) in [5, 5.41) is 11.7. The first-order valence-corrected chi connectivity index (χ1v) is 6.76. The van der Waals surface area contributed by atoms with Crippen molar-refractivity contribution in [1.82, 2.24) is 10.2 Å². The fraction of sp³-hybridized carbons (Fsp3) is 0.167. The number of anilines is 1. The first-order valence-electron chi connectivity index (χ1n) is 5.53. The maximum absolute atomic E-state index is 12.0. The van der Waals surface area contributed by atoms with Gasteiger partial charge in [0.25, 0.3) is 5.91 Å². The molecule has 0 spiro atoms. The van der Waals surface area contributed by atoms with Crippen LogP contribution in [0.15, 0.2) is 24.3 Å². The molecule has 98 valence electrons. The fourth-order valence-electron chi connectivity index (χ4n) is 1.54. The Bertz CT molecular complexity index is 624. The van der Waals surface area contributed by atoms with Crippen LogP contribution in [0.5, 0.6) is 0 Å². The number of nitrogens with one attached hydrogen (secondary N) is 1. The van der Waals surface area contributed by atoms with E-state index in [1.165, 1.54) is 11.3 Å². The van der Waals surface area contributed by atoms with Crippen molar-refractivity contribution in [2.75, 3.05) is 5.32 Å². The molecule has 0 bridgehead atoms. The van der Waals surface area contributed by atoms with Gasteiger partial charge in [-0.3, -0.25) is 10.1 Å². The number of carbonyl (C=O) groups is 1. The summed E-state index contributed by atoms with van der Waals surface area (Å²) in [5.74, 6) is -0.221. The van der Waals surface area contributed by atoms with E-state index in [1.807, 2.05) is 13.0 Å². The lowest BCUT2D eigenvalue weighted by Crippen LogP contribution is -2.14. The number of benzene rings is 1. The molecule has 7 heteroatoms. The number of amides is 1. The quantitative estimate of drug-likeness (QED) is 0.842. The second kappa shape index (κ2) is 5.85. The molecule has 2 rings (SSSR count). The average Bonchev–Trinajstić information content (AvgIpc) is 2.74. The Labute approximate surface area is 119 Å². The third kappa shape index (κ3) is 3.80. The van der Waals surface area contributed by atoms with Crippen molar-refractivity contribution in [2.24, 2.45) is 5.73 Å². The van der Waals surface area contributed by atoms with Crippen LogP contribution in [0.1, 0.15) is 20.9 Å². The van der Waals surface area contributed by atoms with E-state index in [1.54, 1.807) is 18.2 Å². The van der Waals surface area contributed by atoms with Crippen LogP contribution >= 0.6 is 23.6 Å². The van der Waals surface area contributed by atoms with E-state index in [2.05, 4.69) is 15.5 Å². The van der Waals surface area contributed by atoms with Crippen LogP contribution < -0.4 is 11.1 Å². The third-order valence-electron chi connectivity index (χ3n) is 2.31. The van der Waals surface area contributed by atoms with Crippen molar-refractivity contribution < 1.29 is 4.79 Å². The van der Waals surface area contributed by atoms with Crippen molar-refractivity contribution in [3.63, 3.8) is 0 Å². The van der Waals surface area contributed by atoms with Gasteiger partial charge in [0.15, 0.2) is 0 Å². The fourth-order valence-corrected chi connectivity index (χ4v) is 2.29. The predicted octanol–water partition coefficient (Wildman–Crippen LogP) is 1.93. The molecule has 0 aliphatic rings. The van der Waals surface area contributed by atoms with Crippen LogP contribution in [0.2, 0.25) is 0 Å². The van der Waals surface area contributed by atoms with Crippen LogP contribution in [-0.4, -0.2) is 21.1 Å². The van der Waals surface area contributed by atoms with E-state index in [0.717, 1.165) is 10.6 Å². The summed E-state index contributed by atoms with van der Waals surface area (Å²) in [6.07, 6.45) is 0.481. The molecule has 0 fully saturated rings. The van der Waals surface area contributed by atoms with E-state index in [9.17, 15) is 4.79 Å². The average molecular weight is 292 g/mol. The molecule has 2 aromatic rings. The second-order valence-corrected chi connectivity index (χ2v) is 5.63. The van der Waals surface area contributed by atoms with E-state index in [-0.39, 0.29) is 5.91 Å². The van der Waals surface area contributed by atoms with Crippen molar-refractivity contribution in [3.05, 3.63) is 40.4 Å². The molecule has 0 unspecified atom stereocenters. The van der Waals surface area contributed by atoms with Crippen LogP contribution in [0.4, 0.5) is 5.13 Å². The zero-order valence-electron chi connectivity index (χ0n) is 10.2. The number of carbonyl (C=O) groups excluding carboxylic acids is 1. The predicted molar refractivity (Wildman–Crippen MR) is 79.5 cm³/mol. The number of aromatic nitrogens is 2. The molecule has 5 nitrogen and oxygen atoms in total. The van der Waals surface area contributed by atoms with E-state index in [0.29, 0.717) is 22.1 Å². The smallest absolute Gasteiger partial charge is 0.257 e. The molecule has 1 aromatic heterocycles. The monoisotopic (exact) mass is 292 g/mol. The van der Waals surface area contributed by atoms with E-state index >= 15 is 0 Å². The summed E-state index contributed by atoms with van der Waals surface area (Å²) in [6, 6.07) is 7.17. The van der Waals surface area contributed by atoms with Crippen molar-refractivity contribution in [3.8, 4) is 0 Å². The summed E-state index contributed by atoms with van der Waals surface area (Å²) >= 11 is 6.19. The summed E-state index contributed by atoms with van der Waals surface area (Å²) in [6.45, 7) is 1.83. The summed E-state index contributed by atoms with van der Waals surface area (Å²) in [4.78, 5) is 12.4. The van der Waals surface area contributed by atoms with E-state index in [4.69, 9.17) is 18.0 Å². The molecule has 0 aliphatic heterocycles. The Hall–Kier alpha value is -1.86. The Balaban J connectivity index is 2.12. The number of nitrogens with two attached hydrogens (primary N) is 1. The van der Waals surface area contributed by atoms with Gasteiger partial charge in [0, 0.05) is 12.0 Å². The van der Waals surface area contributed by atoms with E-state index < -0.39 is 0 Å². The molecule has 0 aliphatic carbocycles. The summed E-state index contributed by atoms with van der Waals surface area (Å²) in [5.41, 5.74) is 6.95. The minimum Gasteiger partial charge on any atom is -0.393 e. The number of thiocarbonyl (C=S) groups is 1. The second-order valence-electron chi connectivity index (χ2n) is 3.92. The first kappa shape index (κ1) is 13.6. The topological polar surface area (TPSA) is 80.9 Å². The molecule has 1 heterocycles. The highest BCUT2D eigenvalue weighted by atomic mass is 32.1. The van der Waals surface area contributed by atoms with Gasteiger partial charge in [-0.15, -0.1) is 10.2 Å². The van der Waals surface area contributed by atoms with Gasteiger partial charge < -0.3 is 5.73 Å². The Morgan fingerprint density at radius 2 is 2.26 bits per heavy atom. The number of hydrogen-bond acceptors (Lipinski definition) is 5. The van der Waals surface area contributed by atoms with Gasteiger partial charge in [0.1, 0.15) is 5.01 Å². The van der Waals surface area contributed by atoms with Gasteiger partial charge in [0.05, 0.1) is 4.99 Å². The maximum Gasteiger partial charge on any atom is 0.257 e. The highest BCUT2D eigenvalue weighted by Gasteiger charge is 2.09. The molecule has 1 aromatic carbocycles. The van der Waals surface area contributed by atoms with Crippen molar-refractivity contribution in [2.45, 2.75) is 13.3 Å². The lowest BCUT2D eigenvalue weighted by Gasteiger charge is -2.04. The largest absolute Gasteiger partial charge is 0.393 e. The molecule has 0 atom stereocenters. The molecule has 0 radical (unpaired) electrons. The molecular weight excluding hydrogens is 280 g/mol.